The maximum atomic E-state index is 11.2. The molecule has 0 N–H and O–H groups in total. The Morgan fingerprint density at radius 2 is 0.938 bits per heavy atom. The van der Waals surface area contributed by atoms with E-state index in [-0.39, 0.29) is 5.97 Å². The Hall–Kier alpha value is -1.83. The van der Waals surface area contributed by atoms with Crippen molar-refractivity contribution < 1.29 is 9.53 Å². The molecule has 2 nitrogen and oxygen atoms in total. The molecule has 0 heterocycles. The van der Waals surface area contributed by atoms with Crippen molar-refractivity contribution in [1.82, 2.24) is 0 Å². The standard InChI is InChI=1S/C30H50O2/c1-3-5-6-7-8-9-10-11-12-13-14-15-16-17-18-19-20-21-22-23-24-25-26-27-28-29-30(31)32-4-2/h5-6,8-9,11-12,14-15,17-18H,3-4,7,10,13,16,19-29H2,1-2H3/b6-5+,9-8+,12-11+,15-14+,18-17+. The minimum atomic E-state index is -0.0417. The summed E-state index contributed by atoms with van der Waals surface area (Å²) in [5.74, 6) is -0.0417. The van der Waals surface area contributed by atoms with Crippen LogP contribution in [0.4, 0.5) is 0 Å². The van der Waals surface area contributed by atoms with Gasteiger partial charge in [0.15, 0.2) is 0 Å². The number of allylic oxidation sites excluding steroid dienone is 10. The van der Waals surface area contributed by atoms with E-state index in [1.165, 1.54) is 51.4 Å². The highest BCUT2D eigenvalue weighted by molar-refractivity contribution is 5.69. The van der Waals surface area contributed by atoms with Gasteiger partial charge in [0.1, 0.15) is 0 Å². The van der Waals surface area contributed by atoms with Gasteiger partial charge >= 0.3 is 5.97 Å². The lowest BCUT2D eigenvalue weighted by atomic mass is 10.1. The van der Waals surface area contributed by atoms with Crippen molar-refractivity contribution in [2.45, 2.75) is 117 Å². The van der Waals surface area contributed by atoms with Gasteiger partial charge < -0.3 is 4.74 Å². The third-order valence-electron chi connectivity index (χ3n) is 5.21. The lowest BCUT2D eigenvalue weighted by Crippen LogP contribution is -2.03. The summed E-state index contributed by atoms with van der Waals surface area (Å²) in [6.45, 7) is 4.53. The summed E-state index contributed by atoms with van der Waals surface area (Å²) in [6, 6.07) is 0. The number of ether oxygens (including phenoxy) is 1. The van der Waals surface area contributed by atoms with Gasteiger partial charge in [0, 0.05) is 6.42 Å². The molecule has 0 aromatic carbocycles. The van der Waals surface area contributed by atoms with Crippen LogP contribution in [0.15, 0.2) is 60.8 Å². The Morgan fingerprint density at radius 1 is 0.531 bits per heavy atom. The average molecular weight is 443 g/mol. The van der Waals surface area contributed by atoms with Gasteiger partial charge in [-0.3, -0.25) is 4.79 Å². The van der Waals surface area contributed by atoms with Gasteiger partial charge in [0.25, 0.3) is 0 Å². The van der Waals surface area contributed by atoms with Crippen molar-refractivity contribution in [3.8, 4) is 0 Å². The normalized spacial score (nSPS) is 12.4. The monoisotopic (exact) mass is 442 g/mol. The second-order valence-corrected chi connectivity index (χ2v) is 8.23. The van der Waals surface area contributed by atoms with Crippen molar-refractivity contribution in [1.29, 1.82) is 0 Å². The second-order valence-electron chi connectivity index (χ2n) is 8.23. The van der Waals surface area contributed by atoms with Crippen LogP contribution < -0.4 is 0 Å². The molecule has 0 bridgehead atoms. The summed E-state index contributed by atoms with van der Waals surface area (Å²) < 4.78 is 4.94. The topological polar surface area (TPSA) is 26.3 Å². The maximum Gasteiger partial charge on any atom is 0.305 e. The molecule has 0 aromatic heterocycles. The number of hydrogen-bond donors (Lipinski definition) is 0. The number of rotatable bonds is 22. The zero-order valence-electron chi connectivity index (χ0n) is 21.1. The van der Waals surface area contributed by atoms with Gasteiger partial charge in [-0.2, -0.15) is 0 Å². The van der Waals surface area contributed by atoms with Crippen molar-refractivity contribution >= 4 is 5.97 Å². The first-order chi connectivity index (χ1) is 15.8. The van der Waals surface area contributed by atoms with Crippen LogP contribution in [0.2, 0.25) is 0 Å². The first kappa shape index (κ1) is 30.2. The molecule has 2 heteroatoms. The van der Waals surface area contributed by atoms with Crippen molar-refractivity contribution in [3.63, 3.8) is 0 Å². The lowest BCUT2D eigenvalue weighted by Gasteiger charge is -2.03. The summed E-state index contributed by atoms with van der Waals surface area (Å²) in [5.41, 5.74) is 0. The van der Waals surface area contributed by atoms with E-state index >= 15 is 0 Å². The Balaban J connectivity index is 3.32. The third kappa shape index (κ3) is 26.2. The predicted octanol–water partition coefficient (Wildman–Crippen LogP) is 9.59. The largest absolute Gasteiger partial charge is 0.466 e. The van der Waals surface area contributed by atoms with E-state index in [4.69, 9.17) is 4.74 Å². The maximum absolute atomic E-state index is 11.2. The molecule has 0 atom stereocenters. The minimum Gasteiger partial charge on any atom is -0.466 e. The van der Waals surface area contributed by atoms with Crippen LogP contribution >= 0.6 is 0 Å². The molecule has 0 spiro atoms. The highest BCUT2D eigenvalue weighted by atomic mass is 16.5. The Bertz CT molecular complexity index is 537. The van der Waals surface area contributed by atoms with Crippen molar-refractivity contribution in [2.24, 2.45) is 0 Å². The van der Waals surface area contributed by atoms with Crippen LogP contribution in [0.3, 0.4) is 0 Å². The lowest BCUT2D eigenvalue weighted by molar-refractivity contribution is -0.143. The van der Waals surface area contributed by atoms with Crippen LogP contribution in [0, 0.1) is 0 Å². The molecule has 0 fully saturated rings. The quantitative estimate of drug-likeness (QED) is 0.0947. The minimum absolute atomic E-state index is 0.0417. The molecule has 0 unspecified atom stereocenters. The van der Waals surface area contributed by atoms with Gasteiger partial charge in [-0.1, -0.05) is 113 Å². The van der Waals surface area contributed by atoms with Gasteiger partial charge in [-0.25, -0.2) is 0 Å². The molecule has 0 rings (SSSR count). The summed E-state index contributed by atoms with van der Waals surface area (Å²) in [7, 11) is 0. The van der Waals surface area contributed by atoms with Crippen LogP contribution in [0.5, 0.6) is 0 Å². The van der Waals surface area contributed by atoms with E-state index < -0.39 is 0 Å². The molecule has 0 saturated carbocycles. The van der Waals surface area contributed by atoms with Crippen LogP contribution in [-0.2, 0) is 9.53 Å². The van der Waals surface area contributed by atoms with Crippen molar-refractivity contribution in [2.75, 3.05) is 6.61 Å². The molecule has 0 aliphatic carbocycles. The van der Waals surface area contributed by atoms with E-state index in [0.717, 1.165) is 44.9 Å². The fraction of sp³-hybridized carbons (Fsp3) is 0.633. The van der Waals surface area contributed by atoms with Gasteiger partial charge in [0.2, 0.25) is 0 Å². The van der Waals surface area contributed by atoms with E-state index in [2.05, 4.69) is 67.7 Å². The molecular formula is C30H50O2. The zero-order chi connectivity index (χ0) is 23.4. The van der Waals surface area contributed by atoms with E-state index in [0.29, 0.717) is 13.0 Å². The first-order valence-corrected chi connectivity index (χ1v) is 13.2. The fourth-order valence-electron chi connectivity index (χ4n) is 3.37. The zero-order valence-corrected chi connectivity index (χ0v) is 21.1. The van der Waals surface area contributed by atoms with E-state index in [1.54, 1.807) is 0 Å². The molecule has 0 aliphatic rings. The Kier molecular flexibility index (Phi) is 25.6. The summed E-state index contributed by atoms with van der Waals surface area (Å²) in [5, 5.41) is 0. The van der Waals surface area contributed by atoms with Crippen LogP contribution in [0.25, 0.3) is 0 Å². The number of esters is 1. The third-order valence-corrected chi connectivity index (χ3v) is 5.21. The summed E-state index contributed by atoms with van der Waals surface area (Å²) in [4.78, 5) is 11.2. The summed E-state index contributed by atoms with van der Waals surface area (Å²) in [6.07, 6.45) is 41.0. The number of hydrogen-bond acceptors (Lipinski definition) is 2. The van der Waals surface area contributed by atoms with Gasteiger partial charge in [-0.05, 0) is 58.3 Å². The predicted molar refractivity (Wildman–Crippen MR) is 142 cm³/mol. The first-order valence-electron chi connectivity index (χ1n) is 13.2. The van der Waals surface area contributed by atoms with Gasteiger partial charge in [-0.15, -0.1) is 0 Å². The Labute approximate surface area is 199 Å². The fourth-order valence-corrected chi connectivity index (χ4v) is 3.37. The van der Waals surface area contributed by atoms with Crippen LogP contribution in [-0.4, -0.2) is 12.6 Å². The molecule has 32 heavy (non-hydrogen) atoms. The Morgan fingerprint density at radius 3 is 1.41 bits per heavy atom. The molecule has 0 radical (unpaired) electrons. The molecule has 0 aromatic rings. The second kappa shape index (κ2) is 27.2. The smallest absolute Gasteiger partial charge is 0.305 e. The number of unbranched alkanes of at least 4 members (excludes halogenated alkanes) is 9. The highest BCUT2D eigenvalue weighted by Gasteiger charge is 2.00. The summed E-state index contributed by atoms with van der Waals surface area (Å²) >= 11 is 0. The van der Waals surface area contributed by atoms with Gasteiger partial charge in [0.05, 0.1) is 6.61 Å². The average Bonchev–Trinajstić information content (AvgIpc) is 2.79. The molecular weight excluding hydrogens is 392 g/mol. The molecule has 0 aliphatic heterocycles. The molecule has 0 saturated heterocycles. The molecule has 0 amide bonds. The number of carbonyl (C=O) groups excluding carboxylic acids is 1. The SMILES string of the molecule is CC/C=C/C/C=C/C/C=C/C/C=C/C/C=C/CCCCCCCCCCCC(=O)OCC. The number of carbonyl (C=O) groups is 1. The highest BCUT2D eigenvalue weighted by Crippen LogP contribution is 2.12. The van der Waals surface area contributed by atoms with Crippen LogP contribution in [0.1, 0.15) is 117 Å². The van der Waals surface area contributed by atoms with E-state index in [1.807, 2.05) is 6.92 Å². The van der Waals surface area contributed by atoms with E-state index in [9.17, 15) is 4.79 Å². The molecule has 182 valence electrons. The van der Waals surface area contributed by atoms with Crippen molar-refractivity contribution in [3.05, 3.63) is 60.8 Å².